The number of nitrogens with zero attached hydrogens (tertiary/aromatic N) is 3. The highest BCUT2D eigenvalue weighted by atomic mass is 32.2. The fourth-order valence-corrected chi connectivity index (χ4v) is 6.43. The van der Waals surface area contributed by atoms with Gasteiger partial charge in [0.05, 0.1) is 5.60 Å². The number of thioether (sulfide) groups is 1. The third-order valence-electron chi connectivity index (χ3n) is 7.62. The van der Waals surface area contributed by atoms with Crippen LogP contribution in [0.2, 0.25) is 0 Å². The van der Waals surface area contributed by atoms with Crippen LogP contribution in [-0.4, -0.2) is 63.1 Å². The first-order chi connectivity index (χ1) is 17.0. The van der Waals surface area contributed by atoms with Crippen LogP contribution in [0.1, 0.15) is 34.5 Å². The Balaban J connectivity index is 1.16. The van der Waals surface area contributed by atoms with E-state index < -0.39 is 5.60 Å². The fraction of sp³-hybridized carbons (Fsp3) is 0.393. The number of aliphatic hydroxyl groups is 1. The number of hydrogen-bond donors (Lipinski definition) is 1. The summed E-state index contributed by atoms with van der Waals surface area (Å²) in [6.45, 7) is 4.08. The van der Waals surface area contributed by atoms with Gasteiger partial charge in [-0.1, -0.05) is 24.3 Å². The Hall–Kier alpha value is -2.74. The van der Waals surface area contributed by atoms with Crippen LogP contribution >= 0.6 is 11.8 Å². The molecular weight excluding hydrogens is 458 g/mol. The van der Waals surface area contributed by atoms with E-state index in [1.54, 1.807) is 0 Å². The molecule has 35 heavy (non-hydrogen) atoms. The lowest BCUT2D eigenvalue weighted by atomic mass is 9.84. The van der Waals surface area contributed by atoms with Gasteiger partial charge in [-0.15, -0.1) is 0 Å². The lowest BCUT2D eigenvalue weighted by Crippen LogP contribution is -2.42. The van der Waals surface area contributed by atoms with Gasteiger partial charge in [0, 0.05) is 73.8 Å². The first-order valence-electron chi connectivity index (χ1n) is 12.4. The van der Waals surface area contributed by atoms with Crippen molar-refractivity contribution in [2.75, 3.05) is 37.7 Å². The van der Waals surface area contributed by atoms with E-state index in [0.717, 1.165) is 55.2 Å². The number of carbonyl (C=O) groups is 1. The Labute approximate surface area is 209 Å². The lowest BCUT2D eigenvalue weighted by molar-refractivity contribution is -0.0275. The van der Waals surface area contributed by atoms with Gasteiger partial charge in [-0.2, -0.15) is 11.8 Å². The minimum atomic E-state index is -0.866. The molecule has 0 radical (unpaired) electrons. The van der Waals surface area contributed by atoms with Gasteiger partial charge < -0.3 is 19.0 Å². The van der Waals surface area contributed by atoms with Gasteiger partial charge in [0.2, 0.25) is 0 Å². The number of amides is 1. The average Bonchev–Trinajstić information content (AvgIpc) is 3.46. The quantitative estimate of drug-likeness (QED) is 0.454. The van der Waals surface area contributed by atoms with Crippen molar-refractivity contribution in [1.82, 2.24) is 14.4 Å². The molecule has 0 aliphatic carbocycles. The van der Waals surface area contributed by atoms with Crippen molar-refractivity contribution >= 4 is 39.5 Å². The lowest BCUT2D eigenvalue weighted by Gasteiger charge is -2.38. The molecule has 0 spiro atoms. The summed E-state index contributed by atoms with van der Waals surface area (Å²) in [7, 11) is 2.09. The summed E-state index contributed by atoms with van der Waals surface area (Å²) in [5, 5.41) is 13.7. The van der Waals surface area contributed by atoms with Crippen LogP contribution in [0.15, 0.2) is 59.1 Å². The highest BCUT2D eigenvalue weighted by Gasteiger charge is 2.34. The monoisotopic (exact) mass is 489 g/mol. The Morgan fingerprint density at radius 3 is 2.63 bits per heavy atom. The number of para-hydroxylation sites is 1. The predicted molar refractivity (Wildman–Crippen MR) is 141 cm³/mol. The third kappa shape index (κ3) is 4.26. The molecule has 7 heteroatoms. The fourth-order valence-electron chi connectivity index (χ4n) is 5.52. The zero-order valence-electron chi connectivity index (χ0n) is 20.1. The van der Waals surface area contributed by atoms with Gasteiger partial charge in [-0.25, -0.2) is 0 Å². The molecule has 6 nitrogen and oxygen atoms in total. The first-order valence-corrected chi connectivity index (χ1v) is 13.5. The normalized spacial score (nSPS) is 19.0. The van der Waals surface area contributed by atoms with Gasteiger partial charge in [0.15, 0.2) is 5.76 Å². The topological polar surface area (TPSA) is 61.9 Å². The number of likely N-dealkylation sites (tertiary alicyclic amines) is 1. The summed E-state index contributed by atoms with van der Waals surface area (Å²) in [6, 6.07) is 16.2. The molecule has 1 amide bonds. The molecular formula is C28H31N3O3S. The highest BCUT2D eigenvalue weighted by molar-refractivity contribution is 7.99. The zero-order valence-corrected chi connectivity index (χ0v) is 20.9. The van der Waals surface area contributed by atoms with Crippen molar-refractivity contribution in [3.05, 3.63) is 71.6 Å². The van der Waals surface area contributed by atoms with E-state index in [2.05, 4.69) is 47.0 Å². The number of fused-ring (bicyclic) bond motifs is 2. The van der Waals surface area contributed by atoms with E-state index in [9.17, 15) is 9.90 Å². The molecule has 0 atom stereocenters. The maximum atomic E-state index is 12.9. The Morgan fingerprint density at radius 1 is 1.06 bits per heavy atom. The van der Waals surface area contributed by atoms with E-state index in [4.69, 9.17) is 4.42 Å². The highest BCUT2D eigenvalue weighted by Crippen LogP contribution is 2.36. The van der Waals surface area contributed by atoms with Crippen molar-refractivity contribution in [3.63, 3.8) is 0 Å². The molecule has 2 aromatic carbocycles. The minimum Gasteiger partial charge on any atom is -0.451 e. The Morgan fingerprint density at radius 2 is 1.83 bits per heavy atom. The summed E-state index contributed by atoms with van der Waals surface area (Å²) >= 11 is 1.88. The van der Waals surface area contributed by atoms with Gasteiger partial charge in [0.25, 0.3) is 5.91 Å². The molecule has 0 unspecified atom stereocenters. The number of carbonyl (C=O) groups excluding carboxylic acids is 1. The first kappa shape index (κ1) is 22.7. The summed E-state index contributed by atoms with van der Waals surface area (Å²) in [4.78, 5) is 17.2. The molecule has 2 fully saturated rings. The van der Waals surface area contributed by atoms with E-state index in [0.29, 0.717) is 24.2 Å². The van der Waals surface area contributed by atoms with Gasteiger partial charge in [-0.05, 0) is 48.2 Å². The van der Waals surface area contributed by atoms with E-state index in [1.165, 1.54) is 16.5 Å². The van der Waals surface area contributed by atoms with E-state index in [-0.39, 0.29) is 5.91 Å². The number of benzene rings is 2. The number of aromatic nitrogens is 1. The summed E-state index contributed by atoms with van der Waals surface area (Å²) in [5.41, 5.74) is 3.32. The zero-order chi connectivity index (χ0) is 24.0. The maximum Gasteiger partial charge on any atom is 0.289 e. The largest absolute Gasteiger partial charge is 0.451 e. The molecule has 0 bridgehead atoms. The van der Waals surface area contributed by atoms with Gasteiger partial charge in [0.1, 0.15) is 5.58 Å². The second-order valence-corrected chi connectivity index (χ2v) is 11.1. The number of hydrogen-bond acceptors (Lipinski definition) is 5. The molecule has 1 N–H and O–H groups in total. The molecule has 2 aromatic heterocycles. The summed E-state index contributed by atoms with van der Waals surface area (Å²) < 4.78 is 8.08. The molecule has 2 aliphatic rings. The molecule has 0 saturated carbocycles. The predicted octanol–water partition coefficient (Wildman–Crippen LogP) is 4.60. The number of aryl methyl sites for hydroxylation is 1. The van der Waals surface area contributed by atoms with Crippen molar-refractivity contribution < 1.29 is 14.3 Å². The Kier molecular flexibility index (Phi) is 5.87. The third-order valence-corrected chi connectivity index (χ3v) is 8.56. The standard InChI is InChI=1S/C28H31N3O3S/c1-29-18-21(23-4-2-3-5-24(23)29)19-30-10-8-28(33,9-11-30)22-6-7-25-20(16-22)17-26(34-25)27(32)31-12-14-35-15-13-31/h2-7,16-18,33H,8-15,19H2,1H3. The smallest absolute Gasteiger partial charge is 0.289 e. The van der Waals surface area contributed by atoms with Crippen LogP contribution in [-0.2, 0) is 19.2 Å². The van der Waals surface area contributed by atoms with Crippen LogP contribution in [0.4, 0.5) is 0 Å². The second-order valence-electron chi connectivity index (χ2n) is 9.86. The Bertz CT molecular complexity index is 1380. The SMILES string of the molecule is Cn1cc(CN2CCC(O)(c3ccc4oc(C(=O)N5CCSCC5)cc4c3)CC2)c2ccccc21. The van der Waals surface area contributed by atoms with Gasteiger partial charge >= 0.3 is 0 Å². The maximum absolute atomic E-state index is 12.9. The van der Waals surface area contributed by atoms with Crippen LogP contribution in [0.25, 0.3) is 21.9 Å². The molecule has 6 rings (SSSR count). The average molecular weight is 490 g/mol. The molecule has 4 aromatic rings. The second kappa shape index (κ2) is 9.04. The minimum absolute atomic E-state index is 0.0384. The number of piperidine rings is 1. The van der Waals surface area contributed by atoms with E-state index >= 15 is 0 Å². The van der Waals surface area contributed by atoms with Crippen LogP contribution in [0, 0.1) is 0 Å². The van der Waals surface area contributed by atoms with Crippen molar-refractivity contribution in [2.24, 2.45) is 7.05 Å². The summed E-state index contributed by atoms with van der Waals surface area (Å²) in [6.07, 6.45) is 3.58. The number of furan rings is 1. The van der Waals surface area contributed by atoms with Crippen molar-refractivity contribution in [1.29, 1.82) is 0 Å². The van der Waals surface area contributed by atoms with Crippen LogP contribution in [0.3, 0.4) is 0 Å². The van der Waals surface area contributed by atoms with Crippen molar-refractivity contribution in [3.8, 4) is 0 Å². The molecule has 4 heterocycles. The molecule has 2 saturated heterocycles. The van der Waals surface area contributed by atoms with Crippen LogP contribution in [0.5, 0.6) is 0 Å². The summed E-state index contributed by atoms with van der Waals surface area (Å²) in [5.74, 6) is 2.30. The van der Waals surface area contributed by atoms with Gasteiger partial charge in [-0.3, -0.25) is 9.69 Å². The molecule has 2 aliphatic heterocycles. The van der Waals surface area contributed by atoms with E-state index in [1.807, 2.05) is 40.9 Å². The van der Waals surface area contributed by atoms with Crippen molar-refractivity contribution in [2.45, 2.75) is 25.0 Å². The molecule has 182 valence electrons. The van der Waals surface area contributed by atoms with Crippen LogP contribution < -0.4 is 0 Å². The number of rotatable bonds is 4.